The van der Waals surface area contributed by atoms with E-state index in [1.807, 2.05) is 17.4 Å². The molecule has 316 valence electrons. The Labute approximate surface area is 390 Å². The summed E-state index contributed by atoms with van der Waals surface area (Å²) in [5, 5.41) is 0. The number of para-hydroxylation sites is 1. The number of anilines is 6. The maximum absolute atomic E-state index is 14.2. The topological polar surface area (TPSA) is 6.48 Å². The van der Waals surface area contributed by atoms with Crippen molar-refractivity contribution in [2.45, 2.75) is 11.6 Å². The van der Waals surface area contributed by atoms with Crippen molar-refractivity contribution in [3.8, 4) is 44.5 Å². The first kappa shape index (κ1) is 38.4. The van der Waals surface area contributed by atoms with Crippen LogP contribution in [0.25, 0.3) is 44.5 Å². The van der Waals surface area contributed by atoms with Gasteiger partial charge in [-0.05, 0) is 121 Å². The molecule has 0 N–H and O–H groups in total. The Morgan fingerprint density at radius 3 is 1.60 bits per heavy atom. The minimum atomic E-state index is -4.47. The molecule has 1 spiro atoms. The zero-order chi connectivity index (χ0) is 44.6. The van der Waals surface area contributed by atoms with Crippen molar-refractivity contribution < 1.29 is 13.2 Å². The number of hydrogen-bond acceptors (Lipinski definition) is 3. The third kappa shape index (κ3) is 5.23. The van der Waals surface area contributed by atoms with E-state index in [-0.39, 0.29) is 6.71 Å². The van der Waals surface area contributed by atoms with Crippen LogP contribution in [-0.4, -0.2) is 6.71 Å². The number of fused-ring (bicyclic) bond motifs is 15. The van der Waals surface area contributed by atoms with E-state index in [0.717, 1.165) is 55.9 Å². The van der Waals surface area contributed by atoms with Gasteiger partial charge in [0.25, 0.3) is 6.71 Å². The van der Waals surface area contributed by atoms with Crippen molar-refractivity contribution in [2.24, 2.45) is 0 Å². The van der Waals surface area contributed by atoms with Crippen LogP contribution >= 0.6 is 11.3 Å². The number of benzene rings is 9. The van der Waals surface area contributed by atoms with E-state index >= 15 is 0 Å². The Morgan fingerprint density at radius 2 is 0.955 bits per heavy atom. The summed E-state index contributed by atoms with van der Waals surface area (Å²) >= 11 is 1.92. The monoisotopic (exact) mass is 884 g/mol. The molecular formula is C60H36BF3N2S. The van der Waals surface area contributed by atoms with Crippen LogP contribution in [0.4, 0.5) is 47.3 Å². The van der Waals surface area contributed by atoms with E-state index in [4.69, 9.17) is 0 Å². The molecule has 7 heteroatoms. The van der Waals surface area contributed by atoms with Crippen LogP contribution in [0.5, 0.6) is 0 Å². The highest BCUT2D eigenvalue weighted by molar-refractivity contribution is 7.30. The van der Waals surface area contributed by atoms with Gasteiger partial charge in [-0.15, -0.1) is 11.3 Å². The van der Waals surface area contributed by atoms with E-state index in [1.165, 1.54) is 66.4 Å². The van der Waals surface area contributed by atoms with E-state index in [9.17, 15) is 13.2 Å². The van der Waals surface area contributed by atoms with Gasteiger partial charge in [-0.2, -0.15) is 13.2 Å². The normalized spacial score (nSPS) is 14.2. The molecule has 0 atom stereocenters. The SMILES string of the molecule is FC(F)(F)c1ccc(N2c3cc(-c4ccccc4-c4ccccc4)ccc3B3c4sc5c(c4N(c4ccccc4)c4cccc2c43)-c2ccccc2C52c3ccccc3-c3ccccc32)cc1. The van der Waals surface area contributed by atoms with Gasteiger partial charge >= 0.3 is 6.18 Å². The fraction of sp³-hybridized carbons (Fsp3) is 0.0333. The summed E-state index contributed by atoms with van der Waals surface area (Å²) in [7, 11) is 0. The molecule has 2 nitrogen and oxygen atoms in total. The van der Waals surface area contributed by atoms with Crippen molar-refractivity contribution in [2.75, 3.05) is 9.80 Å². The van der Waals surface area contributed by atoms with Gasteiger partial charge in [-0.3, -0.25) is 0 Å². The maximum atomic E-state index is 14.2. The van der Waals surface area contributed by atoms with Gasteiger partial charge in [0.2, 0.25) is 0 Å². The predicted molar refractivity (Wildman–Crippen MR) is 271 cm³/mol. The van der Waals surface area contributed by atoms with E-state index < -0.39 is 17.2 Å². The second kappa shape index (κ2) is 14.1. The lowest BCUT2D eigenvalue weighted by Gasteiger charge is -2.43. The number of nitrogens with zero attached hydrogens (tertiary/aromatic N) is 2. The number of hydrogen-bond donors (Lipinski definition) is 0. The van der Waals surface area contributed by atoms with Crippen LogP contribution in [0.3, 0.4) is 0 Å². The van der Waals surface area contributed by atoms with Crippen LogP contribution in [0.15, 0.2) is 218 Å². The number of alkyl halides is 3. The predicted octanol–water partition coefficient (Wildman–Crippen LogP) is 14.5. The van der Waals surface area contributed by atoms with Crippen molar-refractivity contribution in [3.63, 3.8) is 0 Å². The highest BCUT2D eigenvalue weighted by atomic mass is 32.1. The summed E-state index contributed by atoms with van der Waals surface area (Å²) in [6, 6.07) is 75.3. The van der Waals surface area contributed by atoms with Gasteiger partial charge in [-0.25, -0.2) is 0 Å². The lowest BCUT2D eigenvalue weighted by molar-refractivity contribution is -0.137. The molecule has 0 saturated heterocycles. The molecule has 9 aromatic carbocycles. The number of halogens is 3. The van der Waals surface area contributed by atoms with E-state index in [2.05, 4.69) is 198 Å². The summed E-state index contributed by atoms with van der Waals surface area (Å²) in [6.45, 7) is -0.188. The first-order valence-electron chi connectivity index (χ1n) is 22.6. The minimum absolute atomic E-state index is 0.188. The molecule has 4 aliphatic rings. The first-order chi connectivity index (χ1) is 32.9. The average molecular weight is 885 g/mol. The summed E-state index contributed by atoms with van der Waals surface area (Å²) in [5.41, 5.74) is 20.0. The molecule has 10 aromatic rings. The molecule has 2 aliphatic heterocycles. The summed E-state index contributed by atoms with van der Waals surface area (Å²) < 4.78 is 43.8. The molecule has 0 unspecified atom stereocenters. The summed E-state index contributed by atoms with van der Waals surface area (Å²) in [4.78, 5) is 5.96. The molecule has 0 amide bonds. The van der Waals surface area contributed by atoms with Crippen molar-refractivity contribution in [3.05, 3.63) is 246 Å². The summed E-state index contributed by atoms with van der Waals surface area (Å²) in [5.74, 6) is 0. The van der Waals surface area contributed by atoms with Crippen molar-refractivity contribution in [1.29, 1.82) is 0 Å². The quantitative estimate of drug-likeness (QED) is 0.163. The Morgan fingerprint density at radius 1 is 0.433 bits per heavy atom. The molecular weight excluding hydrogens is 849 g/mol. The molecule has 0 fully saturated rings. The van der Waals surface area contributed by atoms with Gasteiger partial charge in [-0.1, -0.05) is 164 Å². The molecule has 1 aromatic heterocycles. The third-order valence-electron chi connectivity index (χ3n) is 14.5. The van der Waals surface area contributed by atoms with Crippen LogP contribution in [-0.2, 0) is 11.6 Å². The van der Waals surface area contributed by atoms with Crippen molar-refractivity contribution >= 4 is 67.9 Å². The summed E-state index contributed by atoms with van der Waals surface area (Å²) in [6.07, 6.45) is -4.47. The van der Waals surface area contributed by atoms with E-state index in [0.29, 0.717) is 5.69 Å². The van der Waals surface area contributed by atoms with Gasteiger partial charge in [0.15, 0.2) is 0 Å². The van der Waals surface area contributed by atoms with Gasteiger partial charge in [0.1, 0.15) is 0 Å². The molecule has 3 heterocycles. The Hall–Kier alpha value is -7.87. The Kier molecular flexibility index (Phi) is 8.07. The maximum Gasteiger partial charge on any atom is 0.416 e. The smallest absolute Gasteiger partial charge is 0.311 e. The van der Waals surface area contributed by atoms with Crippen LogP contribution < -0.4 is 25.5 Å². The fourth-order valence-corrected chi connectivity index (χ4v) is 13.5. The molecule has 2 aliphatic carbocycles. The van der Waals surface area contributed by atoms with E-state index in [1.54, 1.807) is 12.1 Å². The Bertz CT molecular complexity index is 3610. The van der Waals surface area contributed by atoms with Crippen LogP contribution in [0, 0.1) is 0 Å². The van der Waals surface area contributed by atoms with Gasteiger partial charge in [0.05, 0.1) is 16.7 Å². The number of rotatable bonds is 4. The second-order valence-corrected chi connectivity index (χ2v) is 18.8. The van der Waals surface area contributed by atoms with Crippen LogP contribution in [0.2, 0.25) is 0 Å². The molecule has 0 saturated carbocycles. The highest BCUT2D eigenvalue weighted by Crippen LogP contribution is 2.67. The lowest BCUT2D eigenvalue weighted by atomic mass is 9.36. The largest absolute Gasteiger partial charge is 0.416 e. The first-order valence-corrected chi connectivity index (χ1v) is 23.4. The average Bonchev–Trinajstić information content (AvgIpc) is 4.01. The standard InChI is InChI=1S/C60H36BF3N2S/c62-60(63,64)39-31-33-41(34-32-39)65-51-28-15-29-52-55(51)61(50-35-30-38(36-53(50)65)43-21-8-7-20-42(43)37-16-3-1-4-17-37)58-56(66(52)40-18-5-2-6-19-40)54-46-24-11-14-27-49(46)59(57(54)67-58)47-25-12-9-22-44(47)45-23-10-13-26-48(45)59/h1-36H. The zero-order valence-electron chi connectivity index (χ0n) is 35.8. The lowest BCUT2D eigenvalue weighted by Crippen LogP contribution is -2.60. The Balaban J connectivity index is 1.08. The highest BCUT2D eigenvalue weighted by Gasteiger charge is 2.56. The third-order valence-corrected chi connectivity index (χ3v) is 15.9. The molecule has 14 rings (SSSR count). The van der Waals surface area contributed by atoms with Crippen molar-refractivity contribution in [1.82, 2.24) is 0 Å². The zero-order valence-corrected chi connectivity index (χ0v) is 36.6. The molecule has 67 heavy (non-hydrogen) atoms. The molecule has 0 radical (unpaired) electrons. The van der Waals surface area contributed by atoms with Gasteiger partial charge < -0.3 is 9.80 Å². The van der Waals surface area contributed by atoms with Crippen LogP contribution in [0.1, 0.15) is 27.1 Å². The minimum Gasteiger partial charge on any atom is -0.311 e. The fourth-order valence-electron chi connectivity index (χ4n) is 11.9. The van der Waals surface area contributed by atoms with Gasteiger partial charge in [0, 0.05) is 43.7 Å². The molecule has 0 bridgehead atoms. The second-order valence-electron chi connectivity index (χ2n) is 17.8. The number of thiophene rings is 1.